The van der Waals surface area contributed by atoms with Crippen molar-refractivity contribution in [3.63, 3.8) is 0 Å². The van der Waals surface area contributed by atoms with Crippen molar-refractivity contribution in [2.75, 3.05) is 31.1 Å². The first-order valence-electron chi connectivity index (χ1n) is 11.4. The van der Waals surface area contributed by atoms with Crippen LogP contribution in [0.15, 0.2) is 33.9 Å². The van der Waals surface area contributed by atoms with E-state index in [0.717, 1.165) is 30.7 Å². The van der Waals surface area contributed by atoms with Gasteiger partial charge in [-0.1, -0.05) is 18.1 Å². The SMILES string of the molecule is CC#CCn1c(N2CCNCC2)nc2c1c(=O)n(C)c(=O)n2-c1ccccc1C(C)=O.O=C(O)C(F)(F)F. The highest BCUT2D eigenvalue weighted by molar-refractivity contribution is 5.98. The zero-order chi connectivity index (χ0) is 28.2. The Hall–Kier alpha value is -4.38. The third-order valence-corrected chi connectivity index (χ3v) is 5.71. The lowest BCUT2D eigenvalue weighted by atomic mass is 10.1. The number of alkyl halides is 3. The number of rotatable bonds is 4. The fraction of sp³-hybridized carbons (Fsp3) is 0.375. The highest BCUT2D eigenvalue weighted by Crippen LogP contribution is 2.23. The van der Waals surface area contributed by atoms with Crippen molar-refractivity contribution in [2.24, 2.45) is 7.05 Å². The molecule has 0 bridgehead atoms. The number of anilines is 1. The summed E-state index contributed by atoms with van der Waals surface area (Å²) < 4.78 is 35.9. The zero-order valence-corrected chi connectivity index (χ0v) is 20.8. The van der Waals surface area contributed by atoms with Gasteiger partial charge in [0.05, 0.1) is 12.2 Å². The number of nitrogens with one attached hydrogen (secondary N) is 1. The maximum Gasteiger partial charge on any atom is 0.490 e. The van der Waals surface area contributed by atoms with Crippen LogP contribution in [0.3, 0.4) is 0 Å². The van der Waals surface area contributed by atoms with Gasteiger partial charge in [0.25, 0.3) is 5.56 Å². The molecule has 0 unspecified atom stereocenters. The monoisotopic (exact) mass is 534 g/mol. The van der Waals surface area contributed by atoms with E-state index >= 15 is 0 Å². The van der Waals surface area contributed by atoms with Crippen molar-refractivity contribution < 1.29 is 27.9 Å². The van der Waals surface area contributed by atoms with E-state index in [0.29, 0.717) is 17.2 Å². The van der Waals surface area contributed by atoms with Gasteiger partial charge in [0.2, 0.25) is 5.95 Å². The number of imidazole rings is 1. The van der Waals surface area contributed by atoms with Crippen LogP contribution in [-0.4, -0.2) is 67.9 Å². The average Bonchev–Trinajstić information content (AvgIpc) is 3.25. The van der Waals surface area contributed by atoms with E-state index in [-0.39, 0.29) is 23.5 Å². The molecule has 0 radical (unpaired) electrons. The van der Waals surface area contributed by atoms with E-state index in [1.807, 2.05) is 0 Å². The summed E-state index contributed by atoms with van der Waals surface area (Å²) in [7, 11) is 1.43. The van der Waals surface area contributed by atoms with E-state index < -0.39 is 23.4 Å². The molecule has 1 aliphatic rings. The molecule has 1 fully saturated rings. The zero-order valence-electron chi connectivity index (χ0n) is 20.8. The lowest BCUT2D eigenvalue weighted by Gasteiger charge is -2.28. The summed E-state index contributed by atoms with van der Waals surface area (Å²) in [5.41, 5.74) is 0.312. The van der Waals surface area contributed by atoms with Crippen molar-refractivity contribution >= 4 is 28.9 Å². The molecule has 0 amide bonds. The molecule has 4 rings (SSSR count). The number of fused-ring (bicyclic) bond motifs is 1. The molecule has 38 heavy (non-hydrogen) atoms. The van der Waals surface area contributed by atoms with Gasteiger partial charge in [-0.05, 0) is 26.0 Å². The minimum absolute atomic E-state index is 0.178. The molecule has 14 heteroatoms. The van der Waals surface area contributed by atoms with Gasteiger partial charge in [-0.15, -0.1) is 5.92 Å². The summed E-state index contributed by atoms with van der Waals surface area (Å²) >= 11 is 0. The molecule has 11 nitrogen and oxygen atoms in total. The van der Waals surface area contributed by atoms with Gasteiger partial charge in [0.1, 0.15) is 0 Å². The first-order chi connectivity index (χ1) is 17.9. The number of halogens is 3. The number of Topliss-reactive ketones (excluding diaryl/α,β-unsaturated/α-hetero) is 1. The van der Waals surface area contributed by atoms with E-state index in [1.54, 1.807) is 35.8 Å². The lowest BCUT2D eigenvalue weighted by Crippen LogP contribution is -2.44. The van der Waals surface area contributed by atoms with Crippen molar-refractivity contribution in [1.82, 2.24) is 24.0 Å². The van der Waals surface area contributed by atoms with Crippen LogP contribution in [0.25, 0.3) is 16.9 Å². The fourth-order valence-electron chi connectivity index (χ4n) is 3.88. The first kappa shape index (κ1) is 28.2. The smallest absolute Gasteiger partial charge is 0.475 e. The summed E-state index contributed by atoms with van der Waals surface area (Å²) in [5, 5.41) is 10.4. The molecule has 0 aliphatic carbocycles. The van der Waals surface area contributed by atoms with Crippen LogP contribution in [0.4, 0.5) is 19.1 Å². The summed E-state index contributed by atoms with van der Waals surface area (Å²) in [6, 6.07) is 6.85. The maximum atomic E-state index is 13.2. The molecule has 202 valence electrons. The second kappa shape index (κ2) is 11.3. The molecular formula is C24H25F3N6O5. The Bertz CT molecular complexity index is 1550. The third kappa shape index (κ3) is 5.62. The van der Waals surface area contributed by atoms with Crippen molar-refractivity contribution in [1.29, 1.82) is 0 Å². The molecule has 2 N–H and O–H groups in total. The van der Waals surface area contributed by atoms with Gasteiger partial charge in [0.15, 0.2) is 16.9 Å². The van der Waals surface area contributed by atoms with Crippen LogP contribution in [0.5, 0.6) is 0 Å². The Morgan fingerprint density at radius 2 is 1.76 bits per heavy atom. The average molecular weight is 534 g/mol. The predicted octanol–water partition coefficient (Wildman–Crippen LogP) is 1.15. The largest absolute Gasteiger partial charge is 0.490 e. The molecule has 2 aromatic heterocycles. The summed E-state index contributed by atoms with van der Waals surface area (Å²) in [6.45, 7) is 6.48. The number of hydrogen-bond donors (Lipinski definition) is 2. The van der Waals surface area contributed by atoms with E-state index in [2.05, 4.69) is 22.1 Å². The van der Waals surface area contributed by atoms with Gasteiger partial charge in [-0.25, -0.2) is 14.2 Å². The lowest BCUT2D eigenvalue weighted by molar-refractivity contribution is -0.192. The molecule has 0 saturated carbocycles. The topological polar surface area (TPSA) is 131 Å². The van der Waals surface area contributed by atoms with Crippen LogP contribution in [0, 0.1) is 11.8 Å². The number of hydrogen-bond acceptors (Lipinski definition) is 7. The number of ketones is 1. The molecule has 3 aromatic rings. The Morgan fingerprint density at radius 3 is 2.32 bits per heavy atom. The number of piperazine rings is 1. The Kier molecular flexibility index (Phi) is 8.42. The van der Waals surface area contributed by atoms with Gasteiger partial charge < -0.3 is 15.3 Å². The number of aromatic nitrogens is 4. The normalized spacial score (nSPS) is 13.4. The fourth-order valence-corrected chi connectivity index (χ4v) is 3.88. The molecular weight excluding hydrogens is 509 g/mol. The quantitative estimate of drug-likeness (QED) is 0.377. The number of carboxylic acids is 1. The molecule has 0 atom stereocenters. The molecule has 0 spiro atoms. The molecule has 1 aliphatic heterocycles. The van der Waals surface area contributed by atoms with E-state index in [4.69, 9.17) is 14.9 Å². The van der Waals surface area contributed by atoms with Crippen molar-refractivity contribution in [2.45, 2.75) is 26.6 Å². The van der Waals surface area contributed by atoms with Crippen molar-refractivity contribution in [3.05, 3.63) is 50.7 Å². The van der Waals surface area contributed by atoms with Crippen LogP contribution < -0.4 is 21.5 Å². The van der Waals surface area contributed by atoms with E-state index in [9.17, 15) is 27.6 Å². The van der Waals surface area contributed by atoms with Crippen LogP contribution in [0.1, 0.15) is 24.2 Å². The number of carboxylic acid groups (broad SMARTS) is 1. The summed E-state index contributed by atoms with van der Waals surface area (Å²) in [4.78, 5) is 54.4. The second-order valence-corrected chi connectivity index (χ2v) is 8.19. The Balaban J connectivity index is 0.000000505. The standard InChI is InChI=1S/C22H24N6O3.C2HF3O2/c1-4-5-12-27-18-19(24-21(27)26-13-10-23-11-14-26)28(22(31)25(3)20(18)30)17-9-7-6-8-16(17)15(2)29;3-2(4,5)1(6)7/h6-9,23H,10-14H2,1-3H3;(H,6,7). The molecule has 1 saturated heterocycles. The Morgan fingerprint density at radius 1 is 1.16 bits per heavy atom. The van der Waals surface area contributed by atoms with Crippen LogP contribution >= 0.6 is 0 Å². The van der Waals surface area contributed by atoms with Gasteiger partial charge in [-0.2, -0.15) is 18.2 Å². The van der Waals surface area contributed by atoms with E-state index in [1.165, 1.54) is 18.5 Å². The van der Waals surface area contributed by atoms with Crippen LogP contribution in [-0.2, 0) is 18.4 Å². The Labute approximate surface area is 214 Å². The first-order valence-corrected chi connectivity index (χ1v) is 11.4. The summed E-state index contributed by atoms with van der Waals surface area (Å²) in [5.74, 6) is 3.54. The number of aliphatic carboxylic acids is 1. The number of benzene rings is 1. The molecule has 3 heterocycles. The highest BCUT2D eigenvalue weighted by Gasteiger charge is 2.38. The second-order valence-electron chi connectivity index (χ2n) is 8.19. The number of para-hydroxylation sites is 1. The molecule has 1 aromatic carbocycles. The number of carbonyl (C=O) groups is 2. The predicted molar refractivity (Wildman–Crippen MR) is 133 cm³/mol. The van der Waals surface area contributed by atoms with Gasteiger partial charge >= 0.3 is 17.8 Å². The van der Waals surface area contributed by atoms with Crippen molar-refractivity contribution in [3.8, 4) is 17.5 Å². The van der Waals surface area contributed by atoms with Gasteiger partial charge in [0, 0.05) is 38.8 Å². The number of carbonyl (C=O) groups excluding carboxylic acids is 1. The third-order valence-electron chi connectivity index (χ3n) is 5.71. The minimum atomic E-state index is -5.08. The van der Waals surface area contributed by atoms with Gasteiger partial charge in [-0.3, -0.25) is 18.7 Å². The van der Waals surface area contributed by atoms with Crippen LogP contribution in [0.2, 0.25) is 0 Å². The highest BCUT2D eigenvalue weighted by atomic mass is 19.4. The minimum Gasteiger partial charge on any atom is -0.475 e. The maximum absolute atomic E-state index is 13.2. The number of nitrogens with zero attached hydrogens (tertiary/aromatic N) is 5. The summed E-state index contributed by atoms with van der Waals surface area (Å²) in [6.07, 6.45) is -5.08.